The fourth-order valence-corrected chi connectivity index (χ4v) is 3.09. The van der Waals surface area contributed by atoms with Gasteiger partial charge in [-0.25, -0.2) is 4.79 Å². The first-order valence-electron chi connectivity index (χ1n) is 7.93. The summed E-state index contributed by atoms with van der Waals surface area (Å²) < 4.78 is 85.8. The number of nitrogens with zero attached hydrogens (tertiary/aromatic N) is 1. The van der Waals surface area contributed by atoms with Crippen LogP contribution in [0.2, 0.25) is 0 Å². The van der Waals surface area contributed by atoms with Crippen LogP contribution in [0.4, 0.5) is 31.1 Å². The Labute approximate surface area is 155 Å². The molecule has 12 heteroatoms. The predicted octanol–water partition coefficient (Wildman–Crippen LogP) is 2.83. The van der Waals surface area contributed by atoms with Crippen molar-refractivity contribution >= 4 is 12.0 Å². The molecule has 3 atom stereocenters. The van der Waals surface area contributed by atoms with Crippen LogP contribution in [0.5, 0.6) is 0 Å². The van der Waals surface area contributed by atoms with Crippen LogP contribution >= 0.6 is 0 Å². The molecule has 1 fully saturated rings. The summed E-state index contributed by atoms with van der Waals surface area (Å²) in [5, 5.41) is 12.3. The highest BCUT2D eigenvalue weighted by Crippen LogP contribution is 2.48. The summed E-state index contributed by atoms with van der Waals surface area (Å²) >= 11 is 0. The molecule has 1 aromatic carbocycles. The zero-order chi connectivity index (χ0) is 21.5. The Kier molecular flexibility index (Phi) is 5.57. The number of amides is 2. The number of aliphatic hydroxyl groups is 1. The number of esters is 1. The van der Waals surface area contributed by atoms with Gasteiger partial charge in [0.2, 0.25) is 0 Å². The number of carbonyl (C=O) groups is 2. The molecule has 2 rings (SSSR count). The minimum atomic E-state index is -5.57. The van der Waals surface area contributed by atoms with Gasteiger partial charge < -0.3 is 15.2 Å². The number of urea groups is 1. The van der Waals surface area contributed by atoms with Crippen molar-refractivity contribution in [1.82, 2.24) is 10.2 Å². The van der Waals surface area contributed by atoms with Gasteiger partial charge in [-0.3, -0.25) is 9.69 Å². The highest BCUT2D eigenvalue weighted by molar-refractivity contribution is 5.83. The van der Waals surface area contributed by atoms with E-state index < -0.39 is 59.8 Å². The molecule has 0 bridgehead atoms. The van der Waals surface area contributed by atoms with Crippen LogP contribution in [0.1, 0.15) is 24.1 Å². The molecule has 0 radical (unpaired) electrons. The van der Waals surface area contributed by atoms with Gasteiger partial charge in [0.15, 0.2) is 0 Å². The van der Waals surface area contributed by atoms with Gasteiger partial charge in [-0.15, -0.1) is 0 Å². The number of carbonyl (C=O) groups excluding carboxylic acids is 2. The standard InChI is InChI=1S/C16H16F6N2O4/c1-3-28-12(25)10-11(8-6-4-5-7-9(8)15(17,18)19)23-13(26)24(2)14(10,27)16(20,21)22/h4-7,10-11,27H,3H2,1-2H3,(H,23,26)/t10-,11+,14-/m0/s1. The fourth-order valence-electron chi connectivity index (χ4n) is 3.09. The van der Waals surface area contributed by atoms with Gasteiger partial charge in [0.25, 0.3) is 5.72 Å². The van der Waals surface area contributed by atoms with E-state index in [0.29, 0.717) is 13.1 Å². The summed E-state index contributed by atoms with van der Waals surface area (Å²) in [6.07, 6.45) is -10.6. The number of hydrogen-bond acceptors (Lipinski definition) is 4. The molecule has 0 aromatic heterocycles. The first kappa shape index (κ1) is 21.8. The predicted molar refractivity (Wildman–Crippen MR) is 81.6 cm³/mol. The number of hydrogen-bond donors (Lipinski definition) is 2. The molecule has 0 aliphatic carbocycles. The van der Waals surface area contributed by atoms with Gasteiger partial charge >= 0.3 is 24.4 Å². The maximum absolute atomic E-state index is 13.7. The Balaban J connectivity index is 2.75. The van der Waals surface area contributed by atoms with Crippen molar-refractivity contribution in [2.75, 3.05) is 13.7 Å². The normalized spacial score (nSPS) is 26.0. The first-order chi connectivity index (χ1) is 12.8. The highest BCUT2D eigenvalue weighted by Gasteiger charge is 2.70. The van der Waals surface area contributed by atoms with Gasteiger partial charge in [-0.2, -0.15) is 26.3 Å². The molecule has 1 aromatic rings. The Morgan fingerprint density at radius 3 is 2.32 bits per heavy atom. The van der Waals surface area contributed by atoms with Crippen molar-refractivity contribution < 1.29 is 45.8 Å². The summed E-state index contributed by atoms with van der Waals surface area (Å²) in [6.45, 7) is 0.878. The van der Waals surface area contributed by atoms with Crippen LogP contribution in [0.15, 0.2) is 24.3 Å². The van der Waals surface area contributed by atoms with Crippen LogP contribution in [0.25, 0.3) is 0 Å². The quantitative estimate of drug-likeness (QED) is 0.589. The topological polar surface area (TPSA) is 78.9 Å². The van der Waals surface area contributed by atoms with E-state index in [4.69, 9.17) is 0 Å². The number of halogens is 6. The lowest BCUT2D eigenvalue weighted by Gasteiger charge is -2.49. The molecular weight excluding hydrogens is 398 g/mol. The third kappa shape index (κ3) is 3.48. The molecule has 2 N–H and O–H groups in total. The number of alkyl halides is 6. The molecule has 0 saturated carbocycles. The average Bonchev–Trinajstić information content (AvgIpc) is 2.57. The zero-order valence-electron chi connectivity index (χ0n) is 14.6. The molecule has 0 unspecified atom stereocenters. The molecule has 1 aliphatic heterocycles. The smallest absolute Gasteiger partial charge is 0.437 e. The van der Waals surface area contributed by atoms with Crippen molar-refractivity contribution in [1.29, 1.82) is 0 Å². The third-order valence-corrected chi connectivity index (χ3v) is 4.42. The van der Waals surface area contributed by atoms with Gasteiger partial charge in [-0.1, -0.05) is 18.2 Å². The second-order valence-electron chi connectivity index (χ2n) is 6.02. The average molecular weight is 414 g/mol. The minimum Gasteiger partial charge on any atom is -0.466 e. The Hall–Kier alpha value is -2.50. The van der Waals surface area contributed by atoms with Crippen LogP contribution in [-0.4, -0.2) is 47.6 Å². The van der Waals surface area contributed by atoms with Crippen LogP contribution in [0, 0.1) is 5.92 Å². The minimum absolute atomic E-state index is 0.179. The molecule has 0 spiro atoms. The lowest BCUT2D eigenvalue weighted by molar-refractivity contribution is -0.328. The van der Waals surface area contributed by atoms with E-state index >= 15 is 0 Å². The second kappa shape index (κ2) is 7.15. The molecule has 156 valence electrons. The number of benzene rings is 1. The molecule has 1 saturated heterocycles. The zero-order valence-corrected chi connectivity index (χ0v) is 14.6. The lowest BCUT2D eigenvalue weighted by Crippen LogP contribution is -2.73. The molecule has 2 amide bonds. The second-order valence-corrected chi connectivity index (χ2v) is 6.02. The number of rotatable bonds is 3. The monoisotopic (exact) mass is 414 g/mol. The van der Waals surface area contributed by atoms with Gasteiger partial charge in [0, 0.05) is 7.05 Å². The number of ether oxygens (including phenoxy) is 1. The Bertz CT molecular complexity index is 766. The maximum atomic E-state index is 13.7. The molecular formula is C16H16F6N2O4. The fraction of sp³-hybridized carbons (Fsp3) is 0.500. The van der Waals surface area contributed by atoms with Crippen molar-refractivity contribution in [2.24, 2.45) is 5.92 Å². The lowest BCUT2D eigenvalue weighted by atomic mass is 9.79. The highest BCUT2D eigenvalue weighted by atomic mass is 19.4. The van der Waals surface area contributed by atoms with E-state index in [1.807, 2.05) is 5.32 Å². The van der Waals surface area contributed by atoms with Crippen molar-refractivity contribution in [3.63, 3.8) is 0 Å². The van der Waals surface area contributed by atoms with E-state index in [0.717, 1.165) is 18.2 Å². The third-order valence-electron chi connectivity index (χ3n) is 4.42. The Morgan fingerprint density at radius 1 is 1.25 bits per heavy atom. The van der Waals surface area contributed by atoms with Crippen molar-refractivity contribution in [3.05, 3.63) is 35.4 Å². The van der Waals surface area contributed by atoms with Crippen molar-refractivity contribution in [3.8, 4) is 0 Å². The van der Waals surface area contributed by atoms with E-state index in [-0.39, 0.29) is 4.90 Å². The summed E-state index contributed by atoms with van der Waals surface area (Å²) in [5.41, 5.74) is -6.26. The van der Waals surface area contributed by atoms with E-state index in [1.165, 1.54) is 6.92 Å². The summed E-state index contributed by atoms with van der Waals surface area (Å²) in [7, 11) is 0.570. The van der Waals surface area contributed by atoms with Crippen LogP contribution in [-0.2, 0) is 15.7 Å². The van der Waals surface area contributed by atoms with Crippen LogP contribution in [0.3, 0.4) is 0 Å². The molecule has 1 aliphatic rings. The summed E-state index contributed by atoms with van der Waals surface area (Å²) in [4.78, 5) is 24.2. The van der Waals surface area contributed by atoms with Crippen molar-refractivity contribution in [2.45, 2.75) is 31.0 Å². The van der Waals surface area contributed by atoms with Gasteiger partial charge in [0.1, 0.15) is 5.92 Å². The van der Waals surface area contributed by atoms with E-state index in [1.54, 1.807) is 0 Å². The van der Waals surface area contributed by atoms with Gasteiger partial charge in [0.05, 0.1) is 18.2 Å². The van der Waals surface area contributed by atoms with E-state index in [9.17, 15) is 41.0 Å². The summed E-state index contributed by atoms with van der Waals surface area (Å²) in [6, 6.07) is -0.145. The largest absolute Gasteiger partial charge is 0.466 e. The number of nitrogens with one attached hydrogen (secondary N) is 1. The van der Waals surface area contributed by atoms with E-state index in [2.05, 4.69) is 4.74 Å². The Morgan fingerprint density at radius 2 is 1.82 bits per heavy atom. The maximum Gasteiger partial charge on any atom is 0.437 e. The summed E-state index contributed by atoms with van der Waals surface area (Å²) in [5.74, 6) is -4.23. The SMILES string of the molecule is CCOC(=O)[C@@H]1[C@@H](c2ccccc2C(F)(F)F)NC(=O)N(C)[C@@]1(O)C(F)(F)F. The first-order valence-corrected chi connectivity index (χ1v) is 7.93. The molecule has 28 heavy (non-hydrogen) atoms. The van der Waals surface area contributed by atoms with Crippen LogP contribution < -0.4 is 5.32 Å². The molecule has 6 nitrogen and oxygen atoms in total. The van der Waals surface area contributed by atoms with Gasteiger partial charge in [-0.05, 0) is 18.6 Å². The molecule has 1 heterocycles.